The maximum atomic E-state index is 12.3. The van der Waals surface area contributed by atoms with Gasteiger partial charge in [-0.25, -0.2) is 13.1 Å². The van der Waals surface area contributed by atoms with Crippen molar-refractivity contribution >= 4 is 27.6 Å². The number of sulfonamides is 1. The topological polar surface area (TPSA) is 86.7 Å². The molecule has 1 fully saturated rings. The van der Waals surface area contributed by atoms with Gasteiger partial charge in [0.25, 0.3) is 0 Å². The van der Waals surface area contributed by atoms with Gasteiger partial charge in [0.05, 0.1) is 4.90 Å². The van der Waals surface area contributed by atoms with Crippen molar-refractivity contribution < 1.29 is 18.3 Å². The smallest absolute Gasteiger partial charge is 0.303 e. The first kappa shape index (κ1) is 19.2. The molecule has 1 aromatic rings. The van der Waals surface area contributed by atoms with Gasteiger partial charge in [0, 0.05) is 24.0 Å². The molecule has 0 saturated carbocycles. The number of benzene rings is 1. The number of likely N-dealkylation sites (tertiary alicyclic amines) is 1. The molecule has 0 spiro atoms. The highest BCUT2D eigenvalue weighted by Crippen LogP contribution is 2.17. The van der Waals surface area contributed by atoms with E-state index in [1.807, 2.05) is 0 Å². The Hall–Kier alpha value is -1.15. The van der Waals surface area contributed by atoms with E-state index in [0.717, 1.165) is 32.4 Å². The van der Waals surface area contributed by atoms with Crippen LogP contribution in [0.1, 0.15) is 32.1 Å². The Morgan fingerprint density at radius 3 is 2.62 bits per heavy atom. The molecule has 0 aromatic heterocycles. The molecule has 1 aliphatic rings. The Balaban J connectivity index is 1.75. The normalized spacial score (nSPS) is 18.8. The second kappa shape index (κ2) is 8.80. The van der Waals surface area contributed by atoms with Crippen molar-refractivity contribution in [3.05, 3.63) is 29.3 Å². The molecule has 2 N–H and O–H groups in total. The molecule has 134 valence electrons. The highest BCUT2D eigenvalue weighted by atomic mass is 35.5. The van der Waals surface area contributed by atoms with Crippen molar-refractivity contribution in [2.75, 3.05) is 19.6 Å². The highest BCUT2D eigenvalue weighted by molar-refractivity contribution is 7.89. The number of aliphatic carboxylic acids is 1. The van der Waals surface area contributed by atoms with E-state index in [-0.39, 0.29) is 17.4 Å². The number of carbonyl (C=O) groups is 1. The van der Waals surface area contributed by atoms with Crippen LogP contribution in [-0.4, -0.2) is 50.1 Å². The monoisotopic (exact) mass is 374 g/mol. The van der Waals surface area contributed by atoms with Gasteiger partial charge in [0.15, 0.2) is 0 Å². The first-order valence-electron chi connectivity index (χ1n) is 8.09. The number of hydrogen-bond acceptors (Lipinski definition) is 4. The Morgan fingerprint density at radius 1 is 1.25 bits per heavy atom. The van der Waals surface area contributed by atoms with E-state index in [4.69, 9.17) is 16.7 Å². The molecule has 1 saturated heterocycles. The molecule has 0 radical (unpaired) electrons. The molecule has 0 bridgehead atoms. The van der Waals surface area contributed by atoms with Crippen molar-refractivity contribution in [3.63, 3.8) is 0 Å². The highest BCUT2D eigenvalue weighted by Gasteiger charge is 2.26. The summed E-state index contributed by atoms with van der Waals surface area (Å²) in [6, 6.07) is 6.03. The molecule has 0 aliphatic carbocycles. The summed E-state index contributed by atoms with van der Waals surface area (Å²) in [5.41, 5.74) is 0. The summed E-state index contributed by atoms with van der Waals surface area (Å²) >= 11 is 5.78. The van der Waals surface area contributed by atoms with E-state index in [9.17, 15) is 13.2 Å². The van der Waals surface area contributed by atoms with E-state index in [0.29, 0.717) is 18.0 Å². The van der Waals surface area contributed by atoms with Crippen LogP contribution in [-0.2, 0) is 14.8 Å². The summed E-state index contributed by atoms with van der Waals surface area (Å²) in [6.45, 7) is 2.41. The maximum absolute atomic E-state index is 12.3. The largest absolute Gasteiger partial charge is 0.481 e. The van der Waals surface area contributed by atoms with E-state index < -0.39 is 16.0 Å². The molecule has 1 heterocycles. The number of carboxylic acid groups (broad SMARTS) is 1. The molecular formula is C16H23ClN2O4S. The molecule has 0 amide bonds. The Labute approximate surface area is 147 Å². The Morgan fingerprint density at radius 2 is 1.96 bits per heavy atom. The number of rotatable bonds is 9. The third-order valence-electron chi connectivity index (χ3n) is 4.08. The lowest BCUT2D eigenvalue weighted by molar-refractivity contribution is -0.137. The van der Waals surface area contributed by atoms with Crippen molar-refractivity contribution in [3.8, 4) is 0 Å². The summed E-state index contributed by atoms with van der Waals surface area (Å²) < 4.78 is 27.4. The fraction of sp³-hybridized carbons (Fsp3) is 0.562. The lowest BCUT2D eigenvalue weighted by Gasteiger charge is -2.16. The maximum Gasteiger partial charge on any atom is 0.303 e. The van der Waals surface area contributed by atoms with Crippen molar-refractivity contribution in [2.45, 2.75) is 43.0 Å². The second-order valence-corrected chi connectivity index (χ2v) is 8.22. The van der Waals surface area contributed by atoms with Crippen molar-refractivity contribution in [1.29, 1.82) is 0 Å². The number of halogens is 1. The summed E-state index contributed by atoms with van der Waals surface area (Å²) in [5.74, 6) is -0.757. The summed E-state index contributed by atoms with van der Waals surface area (Å²) in [5, 5.41) is 9.10. The summed E-state index contributed by atoms with van der Waals surface area (Å²) in [7, 11) is -3.52. The Bertz CT molecular complexity index is 649. The van der Waals surface area contributed by atoms with Crippen LogP contribution in [0, 0.1) is 0 Å². The molecule has 1 aromatic carbocycles. The lowest BCUT2D eigenvalue weighted by atomic mass is 10.2. The fourth-order valence-electron chi connectivity index (χ4n) is 2.82. The van der Waals surface area contributed by atoms with Crippen LogP contribution in [0.2, 0.25) is 5.02 Å². The van der Waals surface area contributed by atoms with E-state index in [1.54, 1.807) is 12.1 Å². The second-order valence-electron chi connectivity index (χ2n) is 6.07. The molecule has 1 atom stereocenters. The molecule has 8 heteroatoms. The van der Waals surface area contributed by atoms with Crippen LogP contribution in [0.15, 0.2) is 29.2 Å². The molecule has 1 unspecified atom stereocenters. The van der Waals surface area contributed by atoms with Gasteiger partial charge in [-0.05, 0) is 56.6 Å². The van der Waals surface area contributed by atoms with Crippen LogP contribution >= 0.6 is 11.6 Å². The predicted octanol–water partition coefficient (Wildman–Crippen LogP) is 2.34. The number of nitrogens with zero attached hydrogens (tertiary/aromatic N) is 1. The van der Waals surface area contributed by atoms with E-state index in [2.05, 4.69) is 9.62 Å². The number of carboxylic acids is 1. The van der Waals surface area contributed by atoms with Crippen LogP contribution in [0.5, 0.6) is 0 Å². The molecule has 2 rings (SSSR count). The minimum absolute atomic E-state index is 0.0929. The fourth-order valence-corrected chi connectivity index (χ4v) is 4.21. The van der Waals surface area contributed by atoms with E-state index in [1.165, 1.54) is 12.1 Å². The standard InChI is InChI=1S/C16H23ClN2O4S/c17-13-5-7-15(8-6-13)24(22,23)18-14-9-11-19(12-14)10-3-1-2-4-16(20)21/h5-8,14,18H,1-4,9-12H2,(H,20,21). The van der Waals surface area contributed by atoms with Crippen molar-refractivity contribution in [1.82, 2.24) is 9.62 Å². The molecule has 1 aliphatic heterocycles. The molecule has 6 nitrogen and oxygen atoms in total. The van der Waals surface area contributed by atoms with Gasteiger partial charge < -0.3 is 10.0 Å². The van der Waals surface area contributed by atoms with Gasteiger partial charge in [0.2, 0.25) is 10.0 Å². The van der Waals surface area contributed by atoms with Crippen LogP contribution < -0.4 is 4.72 Å². The van der Waals surface area contributed by atoms with Gasteiger partial charge >= 0.3 is 5.97 Å². The van der Waals surface area contributed by atoms with Gasteiger partial charge in [-0.3, -0.25) is 4.79 Å². The average molecular weight is 375 g/mol. The summed E-state index contributed by atoms with van der Waals surface area (Å²) in [6.07, 6.45) is 3.50. The van der Waals surface area contributed by atoms with Crippen molar-refractivity contribution in [2.24, 2.45) is 0 Å². The zero-order valence-electron chi connectivity index (χ0n) is 13.4. The zero-order chi connectivity index (χ0) is 17.6. The van der Waals surface area contributed by atoms with Crippen LogP contribution in [0.25, 0.3) is 0 Å². The number of unbranched alkanes of at least 4 members (excludes halogenated alkanes) is 2. The quantitative estimate of drug-likeness (QED) is 0.648. The average Bonchev–Trinajstić information content (AvgIpc) is 2.93. The molecule has 24 heavy (non-hydrogen) atoms. The third-order valence-corrected chi connectivity index (χ3v) is 5.87. The van der Waals surface area contributed by atoms with Gasteiger partial charge in [0.1, 0.15) is 0 Å². The first-order valence-corrected chi connectivity index (χ1v) is 9.95. The van der Waals surface area contributed by atoms with Crippen LogP contribution in [0.3, 0.4) is 0 Å². The number of hydrogen-bond donors (Lipinski definition) is 2. The predicted molar refractivity (Wildman–Crippen MR) is 92.7 cm³/mol. The van der Waals surface area contributed by atoms with Gasteiger partial charge in [-0.15, -0.1) is 0 Å². The lowest BCUT2D eigenvalue weighted by Crippen LogP contribution is -2.37. The van der Waals surface area contributed by atoms with Gasteiger partial charge in [-0.2, -0.15) is 0 Å². The zero-order valence-corrected chi connectivity index (χ0v) is 15.0. The third kappa shape index (κ3) is 6.05. The SMILES string of the molecule is O=C(O)CCCCCN1CCC(NS(=O)(=O)c2ccc(Cl)cc2)C1. The first-order chi connectivity index (χ1) is 11.4. The number of nitrogens with one attached hydrogen (secondary N) is 1. The minimum Gasteiger partial charge on any atom is -0.481 e. The summed E-state index contributed by atoms with van der Waals surface area (Å²) in [4.78, 5) is 12.9. The molecular weight excluding hydrogens is 352 g/mol. The van der Waals surface area contributed by atoms with Gasteiger partial charge in [-0.1, -0.05) is 18.0 Å². The van der Waals surface area contributed by atoms with E-state index >= 15 is 0 Å². The minimum atomic E-state index is -3.52. The van der Waals surface area contributed by atoms with Crippen LogP contribution in [0.4, 0.5) is 0 Å². The Kier molecular flexibility index (Phi) is 7.03.